The first-order chi connectivity index (χ1) is 23.3. The third kappa shape index (κ3) is 4.84. The van der Waals surface area contributed by atoms with Gasteiger partial charge in [0.25, 0.3) is 0 Å². The maximum atomic E-state index is 6.23. The molecular formula is C43H27N3O. The number of hydrogen-bond acceptors (Lipinski definition) is 4. The molecule has 47 heavy (non-hydrogen) atoms. The number of nitrogens with zero attached hydrogens (tertiary/aromatic N) is 3. The van der Waals surface area contributed by atoms with E-state index >= 15 is 0 Å². The average molecular weight is 602 g/mol. The number of pyridine rings is 1. The van der Waals surface area contributed by atoms with Crippen molar-refractivity contribution >= 4 is 33.0 Å². The Morgan fingerprint density at radius 2 is 0.979 bits per heavy atom. The molecule has 0 unspecified atom stereocenters. The summed E-state index contributed by atoms with van der Waals surface area (Å²) < 4.78 is 6.23. The number of furan rings is 1. The van der Waals surface area contributed by atoms with Crippen LogP contribution in [-0.2, 0) is 0 Å². The summed E-state index contributed by atoms with van der Waals surface area (Å²) in [6.07, 6.45) is 0. The highest BCUT2D eigenvalue weighted by Crippen LogP contribution is 2.41. The third-order valence-corrected chi connectivity index (χ3v) is 8.72. The van der Waals surface area contributed by atoms with Crippen molar-refractivity contribution in [3.63, 3.8) is 0 Å². The molecule has 0 N–H and O–H groups in total. The summed E-state index contributed by atoms with van der Waals surface area (Å²) in [7, 11) is 0. The molecule has 220 valence electrons. The number of hydrogen-bond donors (Lipinski definition) is 0. The van der Waals surface area contributed by atoms with Gasteiger partial charge in [-0.05, 0) is 41.0 Å². The minimum Gasteiger partial charge on any atom is -0.438 e. The quantitative estimate of drug-likeness (QED) is 0.197. The maximum Gasteiger partial charge on any atom is 0.228 e. The molecule has 4 nitrogen and oxygen atoms in total. The molecule has 4 heteroatoms. The van der Waals surface area contributed by atoms with E-state index < -0.39 is 0 Å². The van der Waals surface area contributed by atoms with E-state index in [-0.39, 0.29) is 0 Å². The molecule has 0 amide bonds. The standard InChI is InChI=1S/C43H27N3O/c1-3-12-28(13-4-1)32-16-11-17-33(26-32)38-27-37(44-42(45-38)31-14-5-2-6-15-31)29-22-24-30(25-23-29)40-34-18-7-9-20-36(34)46-43-41(40)35-19-8-10-21-39(35)47-43/h1-27H. The molecule has 0 fully saturated rings. The Kier molecular flexibility index (Phi) is 6.43. The van der Waals surface area contributed by atoms with Crippen molar-refractivity contribution in [1.29, 1.82) is 0 Å². The number of aromatic nitrogens is 3. The summed E-state index contributed by atoms with van der Waals surface area (Å²) >= 11 is 0. The van der Waals surface area contributed by atoms with Crippen LogP contribution in [-0.4, -0.2) is 15.0 Å². The average Bonchev–Trinajstić information content (AvgIpc) is 3.52. The minimum atomic E-state index is 0.648. The first kappa shape index (κ1) is 27.0. The fourth-order valence-electron chi connectivity index (χ4n) is 6.44. The van der Waals surface area contributed by atoms with Gasteiger partial charge >= 0.3 is 0 Å². The fraction of sp³-hybridized carbons (Fsp3) is 0. The molecule has 0 aliphatic heterocycles. The van der Waals surface area contributed by atoms with Crippen molar-refractivity contribution in [3.05, 3.63) is 164 Å². The second kappa shape index (κ2) is 11.2. The molecule has 3 heterocycles. The predicted molar refractivity (Wildman–Crippen MR) is 192 cm³/mol. The number of para-hydroxylation sites is 2. The number of fused-ring (bicyclic) bond motifs is 4. The highest BCUT2D eigenvalue weighted by atomic mass is 16.3. The molecular weight excluding hydrogens is 574 g/mol. The Morgan fingerprint density at radius 3 is 1.77 bits per heavy atom. The Hall–Kier alpha value is -6.39. The van der Waals surface area contributed by atoms with E-state index in [9.17, 15) is 0 Å². The van der Waals surface area contributed by atoms with Crippen molar-refractivity contribution in [1.82, 2.24) is 15.0 Å². The van der Waals surface area contributed by atoms with Crippen molar-refractivity contribution in [3.8, 4) is 56.2 Å². The zero-order valence-electron chi connectivity index (χ0n) is 25.3. The third-order valence-electron chi connectivity index (χ3n) is 8.72. The van der Waals surface area contributed by atoms with Crippen LogP contribution >= 0.6 is 0 Å². The Bertz CT molecular complexity index is 2550. The van der Waals surface area contributed by atoms with Crippen molar-refractivity contribution in [2.24, 2.45) is 0 Å². The molecule has 6 aromatic carbocycles. The lowest BCUT2D eigenvalue weighted by molar-refractivity contribution is 0.656. The minimum absolute atomic E-state index is 0.648. The fourth-order valence-corrected chi connectivity index (χ4v) is 6.44. The topological polar surface area (TPSA) is 51.8 Å². The second-order valence-corrected chi connectivity index (χ2v) is 11.6. The van der Waals surface area contributed by atoms with Gasteiger partial charge in [0.05, 0.1) is 22.3 Å². The van der Waals surface area contributed by atoms with Crippen molar-refractivity contribution in [2.45, 2.75) is 0 Å². The van der Waals surface area contributed by atoms with E-state index in [4.69, 9.17) is 19.4 Å². The summed E-state index contributed by atoms with van der Waals surface area (Å²) in [6, 6.07) is 56.3. The number of rotatable bonds is 5. The Labute approximate surface area is 271 Å². The van der Waals surface area contributed by atoms with E-state index in [1.807, 2.05) is 54.6 Å². The van der Waals surface area contributed by atoms with Gasteiger partial charge in [-0.2, -0.15) is 0 Å². The van der Waals surface area contributed by atoms with Crippen LogP contribution in [0.1, 0.15) is 0 Å². The molecule has 0 saturated heterocycles. The summed E-state index contributed by atoms with van der Waals surface area (Å²) in [6.45, 7) is 0. The van der Waals surface area contributed by atoms with E-state index in [1.54, 1.807) is 0 Å². The first-order valence-electron chi connectivity index (χ1n) is 15.7. The van der Waals surface area contributed by atoms with Crippen LogP contribution in [0.15, 0.2) is 168 Å². The summed E-state index contributed by atoms with van der Waals surface area (Å²) in [4.78, 5) is 15.0. The molecule has 0 spiro atoms. The van der Waals surface area contributed by atoms with Crippen LogP contribution in [0.4, 0.5) is 0 Å². The van der Waals surface area contributed by atoms with Gasteiger partial charge in [0, 0.05) is 33.0 Å². The van der Waals surface area contributed by atoms with Gasteiger partial charge in [0.2, 0.25) is 5.71 Å². The SMILES string of the molecule is c1ccc(-c2cccc(-c3cc(-c4ccc(-c5c6ccccc6nc6oc7ccccc7c56)cc4)nc(-c4ccccc4)n3)c2)cc1. The molecule has 0 saturated carbocycles. The van der Waals surface area contributed by atoms with E-state index in [2.05, 4.69) is 109 Å². The van der Waals surface area contributed by atoms with Crippen LogP contribution in [0, 0.1) is 0 Å². The summed E-state index contributed by atoms with van der Waals surface area (Å²) in [5, 5.41) is 3.18. The molecule has 0 atom stereocenters. The van der Waals surface area contributed by atoms with Crippen LogP contribution in [0.5, 0.6) is 0 Å². The van der Waals surface area contributed by atoms with Crippen molar-refractivity contribution in [2.75, 3.05) is 0 Å². The van der Waals surface area contributed by atoms with Crippen LogP contribution in [0.25, 0.3) is 89.1 Å². The van der Waals surface area contributed by atoms with E-state index in [1.165, 1.54) is 5.56 Å². The van der Waals surface area contributed by atoms with Crippen LogP contribution in [0.2, 0.25) is 0 Å². The molecule has 0 radical (unpaired) electrons. The molecule has 0 aliphatic carbocycles. The second-order valence-electron chi connectivity index (χ2n) is 11.6. The van der Waals surface area contributed by atoms with Crippen molar-refractivity contribution < 1.29 is 4.42 Å². The monoisotopic (exact) mass is 601 g/mol. The van der Waals surface area contributed by atoms with Crippen LogP contribution < -0.4 is 0 Å². The molecule has 0 aliphatic rings. The zero-order valence-corrected chi connectivity index (χ0v) is 25.3. The van der Waals surface area contributed by atoms with Gasteiger partial charge < -0.3 is 4.42 Å². The Balaban J connectivity index is 1.19. The first-order valence-corrected chi connectivity index (χ1v) is 15.7. The molecule has 0 bridgehead atoms. The highest BCUT2D eigenvalue weighted by molar-refractivity contribution is 6.18. The van der Waals surface area contributed by atoms with Crippen LogP contribution in [0.3, 0.4) is 0 Å². The molecule has 9 aromatic rings. The lowest BCUT2D eigenvalue weighted by atomic mass is 9.95. The lowest BCUT2D eigenvalue weighted by Crippen LogP contribution is -1.96. The Morgan fingerprint density at radius 1 is 0.383 bits per heavy atom. The molecule has 9 rings (SSSR count). The predicted octanol–water partition coefficient (Wildman–Crippen LogP) is 11.3. The van der Waals surface area contributed by atoms with Gasteiger partial charge in [-0.1, -0.05) is 140 Å². The van der Waals surface area contributed by atoms with Gasteiger partial charge in [-0.15, -0.1) is 0 Å². The highest BCUT2D eigenvalue weighted by Gasteiger charge is 2.18. The van der Waals surface area contributed by atoms with Gasteiger partial charge in [0.1, 0.15) is 5.58 Å². The smallest absolute Gasteiger partial charge is 0.228 e. The number of benzene rings is 6. The van der Waals surface area contributed by atoms with E-state index in [0.717, 1.165) is 72.0 Å². The summed E-state index contributed by atoms with van der Waals surface area (Å²) in [5.74, 6) is 0.694. The van der Waals surface area contributed by atoms with E-state index in [0.29, 0.717) is 11.5 Å². The largest absolute Gasteiger partial charge is 0.438 e. The summed E-state index contributed by atoms with van der Waals surface area (Å²) in [5.41, 5.74) is 11.7. The van der Waals surface area contributed by atoms with Gasteiger partial charge in [-0.25, -0.2) is 15.0 Å². The van der Waals surface area contributed by atoms with Gasteiger partial charge in [-0.3, -0.25) is 0 Å². The molecule has 3 aromatic heterocycles. The van der Waals surface area contributed by atoms with Gasteiger partial charge in [0.15, 0.2) is 5.82 Å². The zero-order chi connectivity index (χ0) is 31.2. The normalized spacial score (nSPS) is 11.4. The lowest BCUT2D eigenvalue weighted by Gasteiger charge is -2.12. The maximum absolute atomic E-state index is 6.23.